The van der Waals surface area contributed by atoms with Gasteiger partial charge in [0, 0.05) is 36.3 Å². The third-order valence-corrected chi connectivity index (χ3v) is 4.36. The van der Waals surface area contributed by atoms with E-state index in [-0.39, 0.29) is 36.2 Å². The van der Waals surface area contributed by atoms with E-state index in [0.717, 1.165) is 25.1 Å². The Morgan fingerprint density at radius 2 is 1.91 bits per heavy atom. The molecule has 2 amide bonds. The zero-order valence-electron chi connectivity index (χ0n) is 12.6. The van der Waals surface area contributed by atoms with E-state index in [1.807, 2.05) is 0 Å². The van der Waals surface area contributed by atoms with Gasteiger partial charge in [-0.2, -0.15) is 0 Å². The van der Waals surface area contributed by atoms with Gasteiger partial charge in [-0.25, -0.2) is 0 Å². The predicted octanol–water partition coefficient (Wildman–Crippen LogP) is 1.88. The maximum atomic E-state index is 12.3. The Morgan fingerprint density at radius 3 is 2.41 bits per heavy atom. The Bertz CT molecular complexity index is 561. The van der Waals surface area contributed by atoms with Gasteiger partial charge in [0.05, 0.1) is 0 Å². The van der Waals surface area contributed by atoms with Crippen LogP contribution in [0.1, 0.15) is 30.1 Å². The largest absolute Gasteiger partial charge is 0.337 e. The van der Waals surface area contributed by atoms with Crippen LogP contribution < -0.4 is 11.1 Å². The van der Waals surface area contributed by atoms with Gasteiger partial charge in [-0.15, -0.1) is 12.4 Å². The highest BCUT2D eigenvalue weighted by molar-refractivity contribution is 5.97. The summed E-state index contributed by atoms with van der Waals surface area (Å²) < 4.78 is 0. The van der Waals surface area contributed by atoms with Crippen molar-refractivity contribution in [2.75, 3.05) is 18.4 Å². The van der Waals surface area contributed by atoms with Crippen LogP contribution in [0.2, 0.25) is 0 Å². The quantitative estimate of drug-likeness (QED) is 0.891. The lowest BCUT2D eigenvalue weighted by molar-refractivity contribution is -0.117. The SMILES string of the molecule is CC1CC1C(=O)Nc1ccc(C(=O)N2CC[C@@H](N)C2)cc1.Cl. The maximum absolute atomic E-state index is 12.3. The summed E-state index contributed by atoms with van der Waals surface area (Å²) in [5, 5.41) is 2.89. The first-order valence-electron chi connectivity index (χ1n) is 7.50. The molecule has 0 spiro atoms. The first-order chi connectivity index (χ1) is 10.0. The highest BCUT2D eigenvalue weighted by Crippen LogP contribution is 2.38. The van der Waals surface area contributed by atoms with Crippen molar-refractivity contribution in [2.45, 2.75) is 25.8 Å². The maximum Gasteiger partial charge on any atom is 0.253 e. The summed E-state index contributed by atoms with van der Waals surface area (Å²) in [5.41, 5.74) is 7.21. The number of nitrogens with two attached hydrogens (primary N) is 1. The Kier molecular flexibility index (Phi) is 5.08. The van der Waals surface area contributed by atoms with E-state index in [9.17, 15) is 9.59 Å². The lowest BCUT2D eigenvalue weighted by Gasteiger charge is -2.16. The molecule has 1 saturated carbocycles. The molecule has 1 saturated heterocycles. The predicted molar refractivity (Wildman–Crippen MR) is 88.1 cm³/mol. The summed E-state index contributed by atoms with van der Waals surface area (Å²) in [6.45, 7) is 3.42. The fourth-order valence-electron chi connectivity index (χ4n) is 2.77. The van der Waals surface area contributed by atoms with E-state index >= 15 is 0 Å². The first kappa shape index (κ1) is 16.8. The molecule has 5 nitrogen and oxygen atoms in total. The summed E-state index contributed by atoms with van der Waals surface area (Å²) >= 11 is 0. The fourth-order valence-corrected chi connectivity index (χ4v) is 2.77. The van der Waals surface area contributed by atoms with Gasteiger partial charge in [0.1, 0.15) is 0 Å². The molecule has 1 aromatic rings. The van der Waals surface area contributed by atoms with Gasteiger partial charge in [0.15, 0.2) is 0 Å². The third-order valence-electron chi connectivity index (χ3n) is 4.36. The molecule has 2 unspecified atom stereocenters. The van der Waals surface area contributed by atoms with Gasteiger partial charge in [-0.3, -0.25) is 9.59 Å². The van der Waals surface area contributed by atoms with Crippen LogP contribution in [0.3, 0.4) is 0 Å². The van der Waals surface area contributed by atoms with E-state index in [1.165, 1.54) is 0 Å². The van der Waals surface area contributed by atoms with E-state index < -0.39 is 0 Å². The molecule has 2 aliphatic rings. The number of nitrogens with one attached hydrogen (secondary N) is 1. The summed E-state index contributed by atoms with van der Waals surface area (Å²) in [7, 11) is 0. The molecule has 3 N–H and O–H groups in total. The normalized spacial score (nSPS) is 26.3. The number of carbonyl (C=O) groups excluding carboxylic acids is 2. The Labute approximate surface area is 136 Å². The number of likely N-dealkylation sites (tertiary alicyclic amines) is 1. The molecule has 0 bridgehead atoms. The fraction of sp³-hybridized carbons (Fsp3) is 0.500. The van der Waals surface area contributed by atoms with E-state index in [2.05, 4.69) is 12.2 Å². The first-order valence-corrected chi connectivity index (χ1v) is 7.50. The molecule has 1 aliphatic heterocycles. The van der Waals surface area contributed by atoms with Crippen LogP contribution >= 0.6 is 12.4 Å². The molecule has 2 fully saturated rings. The third kappa shape index (κ3) is 3.59. The number of carbonyl (C=O) groups is 2. The van der Waals surface area contributed by atoms with Crippen LogP contribution in [0.15, 0.2) is 24.3 Å². The van der Waals surface area contributed by atoms with Crippen LogP contribution in [0, 0.1) is 11.8 Å². The van der Waals surface area contributed by atoms with Crippen LogP contribution in [-0.4, -0.2) is 35.8 Å². The van der Waals surface area contributed by atoms with Crippen molar-refractivity contribution >= 4 is 29.9 Å². The molecule has 1 aromatic carbocycles. The topological polar surface area (TPSA) is 75.4 Å². The number of nitrogens with zero attached hydrogens (tertiary/aromatic N) is 1. The lowest BCUT2D eigenvalue weighted by atomic mass is 10.1. The van der Waals surface area contributed by atoms with Gasteiger partial charge in [0.25, 0.3) is 5.91 Å². The van der Waals surface area contributed by atoms with E-state index in [4.69, 9.17) is 5.73 Å². The monoisotopic (exact) mass is 323 g/mol. The van der Waals surface area contributed by atoms with Crippen molar-refractivity contribution in [1.29, 1.82) is 0 Å². The zero-order valence-corrected chi connectivity index (χ0v) is 13.4. The molecule has 3 rings (SSSR count). The molecular weight excluding hydrogens is 302 g/mol. The van der Waals surface area contributed by atoms with Gasteiger partial charge in [-0.05, 0) is 43.0 Å². The number of benzene rings is 1. The van der Waals surface area contributed by atoms with E-state index in [1.54, 1.807) is 29.2 Å². The number of hydrogen-bond donors (Lipinski definition) is 2. The summed E-state index contributed by atoms with van der Waals surface area (Å²) in [6, 6.07) is 7.19. The molecular formula is C16H22ClN3O2. The molecule has 0 radical (unpaired) electrons. The standard InChI is InChI=1S/C16H21N3O2.ClH/c1-10-8-14(10)15(20)18-13-4-2-11(3-5-13)16(21)19-7-6-12(17)9-19;/h2-5,10,12,14H,6-9,17H2,1H3,(H,18,20);1H/t10?,12-,14?;/m1./s1. The number of hydrogen-bond acceptors (Lipinski definition) is 3. The summed E-state index contributed by atoms with van der Waals surface area (Å²) in [6.07, 6.45) is 1.83. The molecule has 6 heteroatoms. The minimum Gasteiger partial charge on any atom is -0.337 e. The van der Waals surface area contributed by atoms with Crippen molar-refractivity contribution < 1.29 is 9.59 Å². The Morgan fingerprint density at radius 1 is 1.27 bits per heavy atom. The van der Waals surface area contributed by atoms with Crippen molar-refractivity contribution in [3.05, 3.63) is 29.8 Å². The highest BCUT2D eigenvalue weighted by atomic mass is 35.5. The van der Waals surface area contributed by atoms with Crippen LogP contribution in [-0.2, 0) is 4.79 Å². The van der Waals surface area contributed by atoms with Gasteiger partial charge < -0.3 is 16.0 Å². The smallest absolute Gasteiger partial charge is 0.253 e. The molecule has 1 aliphatic carbocycles. The van der Waals surface area contributed by atoms with Crippen molar-refractivity contribution in [1.82, 2.24) is 4.90 Å². The average molecular weight is 324 g/mol. The minimum absolute atomic E-state index is 0. The van der Waals surface area contributed by atoms with Crippen LogP contribution in [0.5, 0.6) is 0 Å². The van der Waals surface area contributed by atoms with Crippen LogP contribution in [0.4, 0.5) is 5.69 Å². The molecule has 3 atom stereocenters. The van der Waals surface area contributed by atoms with Crippen molar-refractivity contribution in [2.24, 2.45) is 17.6 Å². The minimum atomic E-state index is 0. The van der Waals surface area contributed by atoms with Crippen LogP contribution in [0.25, 0.3) is 0 Å². The number of halogens is 1. The van der Waals surface area contributed by atoms with E-state index in [0.29, 0.717) is 18.0 Å². The number of amides is 2. The van der Waals surface area contributed by atoms with Gasteiger partial charge in [-0.1, -0.05) is 6.92 Å². The van der Waals surface area contributed by atoms with Crippen molar-refractivity contribution in [3.8, 4) is 0 Å². The Balaban J connectivity index is 0.00000176. The van der Waals surface area contributed by atoms with Crippen molar-refractivity contribution in [3.63, 3.8) is 0 Å². The van der Waals surface area contributed by atoms with Gasteiger partial charge in [0.2, 0.25) is 5.91 Å². The number of anilines is 1. The average Bonchev–Trinajstić information content (AvgIpc) is 3.05. The van der Waals surface area contributed by atoms with Gasteiger partial charge >= 0.3 is 0 Å². The molecule has 120 valence electrons. The second-order valence-electron chi connectivity index (χ2n) is 6.19. The second-order valence-corrected chi connectivity index (χ2v) is 6.19. The molecule has 22 heavy (non-hydrogen) atoms. The highest BCUT2D eigenvalue weighted by Gasteiger charge is 2.39. The zero-order chi connectivity index (χ0) is 15.0. The Hall–Kier alpha value is -1.59. The molecule has 1 heterocycles. The lowest BCUT2D eigenvalue weighted by Crippen LogP contribution is -2.31. The molecule has 0 aromatic heterocycles. The summed E-state index contributed by atoms with van der Waals surface area (Å²) in [4.78, 5) is 25.9. The summed E-state index contributed by atoms with van der Waals surface area (Å²) in [5.74, 6) is 0.728. The number of rotatable bonds is 3. The second kappa shape index (κ2) is 6.67.